The predicted molar refractivity (Wildman–Crippen MR) is 79.8 cm³/mol. The minimum absolute atomic E-state index is 0.0565. The van der Waals surface area contributed by atoms with Crippen LogP contribution in [0.25, 0.3) is 0 Å². The van der Waals surface area contributed by atoms with E-state index < -0.39 is 0 Å². The first-order valence-electron chi connectivity index (χ1n) is 6.78. The first kappa shape index (κ1) is 14.9. The maximum absolute atomic E-state index is 5.66. The van der Waals surface area contributed by atoms with E-state index in [-0.39, 0.29) is 11.6 Å². The van der Waals surface area contributed by atoms with Crippen molar-refractivity contribution < 1.29 is 4.42 Å². The number of anilines is 1. The molecular weight excluding hydrogens is 274 g/mol. The molecular formula is C13H21N5OS. The SMILES string of the molecule is CCCNC(C)c1nnc(NC(C)(C)c2nccs2)o1. The maximum atomic E-state index is 5.66. The summed E-state index contributed by atoms with van der Waals surface area (Å²) in [5.74, 6) is 0.593. The Labute approximate surface area is 123 Å². The number of hydrogen-bond acceptors (Lipinski definition) is 7. The number of thiazole rings is 1. The Morgan fingerprint density at radius 3 is 2.85 bits per heavy atom. The van der Waals surface area contributed by atoms with Crippen LogP contribution < -0.4 is 10.6 Å². The Kier molecular flexibility index (Phi) is 4.72. The molecule has 1 atom stereocenters. The molecule has 0 spiro atoms. The Bertz CT molecular complexity index is 523. The van der Waals surface area contributed by atoms with E-state index in [1.54, 1.807) is 17.5 Å². The fourth-order valence-corrected chi connectivity index (χ4v) is 2.48. The standard InChI is InChI=1S/C13H21N5OS/c1-5-6-14-9(2)10-17-18-12(19-10)16-13(3,4)11-15-7-8-20-11/h7-9,14H,5-6H2,1-4H3,(H,16,18). The third kappa shape index (κ3) is 3.55. The van der Waals surface area contributed by atoms with Crippen LogP contribution >= 0.6 is 11.3 Å². The highest BCUT2D eigenvalue weighted by Gasteiger charge is 2.26. The summed E-state index contributed by atoms with van der Waals surface area (Å²) >= 11 is 1.60. The van der Waals surface area contributed by atoms with E-state index in [0.29, 0.717) is 11.9 Å². The highest BCUT2D eigenvalue weighted by Crippen LogP contribution is 2.27. The second kappa shape index (κ2) is 6.32. The predicted octanol–water partition coefficient (Wildman–Crippen LogP) is 2.93. The lowest BCUT2D eigenvalue weighted by Crippen LogP contribution is -2.27. The zero-order valence-corrected chi connectivity index (χ0v) is 13.1. The molecule has 2 heterocycles. The summed E-state index contributed by atoms with van der Waals surface area (Å²) in [5.41, 5.74) is -0.335. The second-order valence-electron chi connectivity index (χ2n) is 5.21. The number of rotatable bonds is 7. The van der Waals surface area contributed by atoms with E-state index in [0.717, 1.165) is 18.0 Å². The van der Waals surface area contributed by atoms with Gasteiger partial charge in [-0.2, -0.15) is 0 Å². The lowest BCUT2D eigenvalue weighted by Gasteiger charge is -2.22. The van der Waals surface area contributed by atoms with Gasteiger partial charge >= 0.3 is 6.01 Å². The molecule has 0 saturated carbocycles. The van der Waals surface area contributed by atoms with Gasteiger partial charge in [-0.3, -0.25) is 0 Å². The first-order chi connectivity index (χ1) is 9.53. The van der Waals surface area contributed by atoms with E-state index in [2.05, 4.69) is 32.7 Å². The Balaban J connectivity index is 2.02. The van der Waals surface area contributed by atoms with Crippen molar-refractivity contribution in [3.8, 4) is 0 Å². The number of hydrogen-bond donors (Lipinski definition) is 2. The highest BCUT2D eigenvalue weighted by atomic mass is 32.1. The molecule has 0 amide bonds. The third-order valence-electron chi connectivity index (χ3n) is 2.90. The number of nitrogens with one attached hydrogen (secondary N) is 2. The highest BCUT2D eigenvalue weighted by molar-refractivity contribution is 7.09. The quantitative estimate of drug-likeness (QED) is 0.818. The molecule has 6 nitrogen and oxygen atoms in total. The molecule has 0 radical (unpaired) electrons. The van der Waals surface area contributed by atoms with Gasteiger partial charge in [0.2, 0.25) is 5.89 Å². The van der Waals surface area contributed by atoms with Crippen LogP contribution in [0.3, 0.4) is 0 Å². The van der Waals surface area contributed by atoms with Crippen molar-refractivity contribution in [2.45, 2.75) is 45.7 Å². The molecule has 110 valence electrons. The summed E-state index contributed by atoms with van der Waals surface area (Å²) in [5, 5.41) is 17.6. The molecule has 0 saturated heterocycles. The minimum Gasteiger partial charge on any atom is -0.406 e. The van der Waals surface area contributed by atoms with Gasteiger partial charge in [0.1, 0.15) is 5.01 Å². The van der Waals surface area contributed by atoms with Crippen LogP contribution in [-0.2, 0) is 5.54 Å². The smallest absolute Gasteiger partial charge is 0.316 e. The van der Waals surface area contributed by atoms with Gasteiger partial charge in [0.25, 0.3) is 0 Å². The lowest BCUT2D eigenvalue weighted by atomic mass is 10.1. The summed E-state index contributed by atoms with van der Waals surface area (Å²) in [6, 6.07) is 0.478. The largest absolute Gasteiger partial charge is 0.406 e. The van der Waals surface area contributed by atoms with Crippen LogP contribution in [0.15, 0.2) is 16.0 Å². The van der Waals surface area contributed by atoms with Gasteiger partial charge in [-0.1, -0.05) is 12.0 Å². The fraction of sp³-hybridized carbons (Fsp3) is 0.615. The van der Waals surface area contributed by atoms with Gasteiger partial charge in [0.15, 0.2) is 0 Å². The van der Waals surface area contributed by atoms with Crippen LogP contribution in [0.1, 0.15) is 51.1 Å². The molecule has 20 heavy (non-hydrogen) atoms. The second-order valence-corrected chi connectivity index (χ2v) is 6.10. The number of nitrogens with zero attached hydrogens (tertiary/aromatic N) is 3. The van der Waals surface area contributed by atoms with Gasteiger partial charge < -0.3 is 15.1 Å². The lowest BCUT2D eigenvalue weighted by molar-refractivity contribution is 0.415. The van der Waals surface area contributed by atoms with Crippen LogP contribution in [0.4, 0.5) is 6.01 Å². The summed E-state index contributed by atoms with van der Waals surface area (Å²) < 4.78 is 5.66. The molecule has 0 aliphatic carbocycles. The van der Waals surface area contributed by atoms with Gasteiger partial charge in [0.05, 0.1) is 11.6 Å². The first-order valence-corrected chi connectivity index (χ1v) is 7.66. The van der Waals surface area contributed by atoms with Crippen molar-refractivity contribution in [3.63, 3.8) is 0 Å². The fourth-order valence-electron chi connectivity index (χ4n) is 1.76. The van der Waals surface area contributed by atoms with Crippen molar-refractivity contribution >= 4 is 17.4 Å². The zero-order valence-electron chi connectivity index (χ0n) is 12.3. The van der Waals surface area contributed by atoms with E-state index in [4.69, 9.17) is 4.42 Å². The van der Waals surface area contributed by atoms with Crippen molar-refractivity contribution in [2.24, 2.45) is 0 Å². The average molecular weight is 295 g/mol. The van der Waals surface area contributed by atoms with E-state index in [1.807, 2.05) is 26.2 Å². The summed E-state index contributed by atoms with van der Waals surface area (Å²) in [4.78, 5) is 4.32. The normalized spacial score (nSPS) is 13.4. The molecule has 2 rings (SSSR count). The van der Waals surface area contributed by atoms with Crippen molar-refractivity contribution in [1.29, 1.82) is 0 Å². The molecule has 1 unspecified atom stereocenters. The van der Waals surface area contributed by atoms with Crippen molar-refractivity contribution in [3.05, 3.63) is 22.5 Å². The summed E-state index contributed by atoms with van der Waals surface area (Å²) in [7, 11) is 0. The number of aromatic nitrogens is 3. The molecule has 0 bridgehead atoms. The van der Waals surface area contributed by atoms with E-state index in [9.17, 15) is 0 Å². The van der Waals surface area contributed by atoms with Crippen molar-refractivity contribution in [1.82, 2.24) is 20.5 Å². The third-order valence-corrected chi connectivity index (χ3v) is 3.99. The minimum atomic E-state index is -0.335. The van der Waals surface area contributed by atoms with Crippen LogP contribution in [-0.4, -0.2) is 21.7 Å². The van der Waals surface area contributed by atoms with Crippen LogP contribution in [0.5, 0.6) is 0 Å². The molecule has 0 fully saturated rings. The molecule has 0 aliphatic heterocycles. The van der Waals surface area contributed by atoms with Gasteiger partial charge in [-0.15, -0.1) is 16.4 Å². The topological polar surface area (TPSA) is 75.9 Å². The molecule has 0 aliphatic rings. The molecule has 2 aromatic heterocycles. The summed E-state index contributed by atoms with van der Waals surface area (Å²) in [6.45, 7) is 9.13. The monoisotopic (exact) mass is 295 g/mol. The Morgan fingerprint density at radius 2 is 2.20 bits per heavy atom. The maximum Gasteiger partial charge on any atom is 0.316 e. The summed E-state index contributed by atoms with van der Waals surface area (Å²) in [6.07, 6.45) is 2.86. The van der Waals surface area contributed by atoms with Crippen molar-refractivity contribution in [2.75, 3.05) is 11.9 Å². The van der Waals surface area contributed by atoms with Gasteiger partial charge in [-0.05, 0) is 33.7 Å². The molecule has 2 N–H and O–H groups in total. The van der Waals surface area contributed by atoms with Gasteiger partial charge in [-0.25, -0.2) is 4.98 Å². The molecule has 2 aromatic rings. The Morgan fingerprint density at radius 1 is 1.40 bits per heavy atom. The Hall–Kier alpha value is -1.47. The van der Waals surface area contributed by atoms with Gasteiger partial charge in [0, 0.05) is 11.6 Å². The average Bonchev–Trinajstić information content (AvgIpc) is 3.06. The zero-order chi connectivity index (χ0) is 14.6. The van der Waals surface area contributed by atoms with E-state index in [1.165, 1.54) is 0 Å². The van der Waals surface area contributed by atoms with Crippen LogP contribution in [0.2, 0.25) is 0 Å². The van der Waals surface area contributed by atoms with Crippen LogP contribution in [0, 0.1) is 0 Å². The van der Waals surface area contributed by atoms with E-state index >= 15 is 0 Å². The molecule has 7 heteroatoms. The molecule has 0 aromatic carbocycles.